The van der Waals surface area contributed by atoms with E-state index in [4.69, 9.17) is 4.74 Å². The maximum absolute atomic E-state index is 6.67. The molecule has 0 fully saturated rings. The van der Waals surface area contributed by atoms with Crippen molar-refractivity contribution in [1.82, 2.24) is 0 Å². The van der Waals surface area contributed by atoms with Crippen LogP contribution in [0.25, 0.3) is 21.5 Å². The maximum Gasteiger partial charge on any atom is 0.139 e. The van der Waals surface area contributed by atoms with Gasteiger partial charge in [0, 0.05) is 32.3 Å². The summed E-state index contributed by atoms with van der Waals surface area (Å²) >= 11 is 3.66. The molecule has 29 heavy (non-hydrogen) atoms. The average Bonchev–Trinajstić information content (AvgIpc) is 2.77. The fourth-order valence-corrected chi connectivity index (χ4v) is 4.93. The Kier molecular flexibility index (Phi) is 3.75. The number of rotatable bonds is 1. The smallest absolute Gasteiger partial charge is 0.139 e. The summed E-state index contributed by atoms with van der Waals surface area (Å²) in [7, 11) is 0. The SMILES string of the molecule is Brc1cccc(C2c3ccc4ccccc4c3Oc3c2ccc2ccccc32)c1. The van der Waals surface area contributed by atoms with Gasteiger partial charge in [-0.15, -0.1) is 0 Å². The number of benzene rings is 5. The van der Waals surface area contributed by atoms with Crippen LogP contribution in [0.15, 0.2) is 102 Å². The lowest BCUT2D eigenvalue weighted by molar-refractivity contribution is 0.464. The molecule has 1 nitrogen and oxygen atoms in total. The van der Waals surface area contributed by atoms with E-state index in [1.54, 1.807) is 0 Å². The van der Waals surface area contributed by atoms with Gasteiger partial charge in [-0.05, 0) is 28.5 Å². The zero-order chi connectivity index (χ0) is 19.4. The van der Waals surface area contributed by atoms with Crippen LogP contribution in [0.1, 0.15) is 22.6 Å². The Balaban J connectivity index is 1.72. The van der Waals surface area contributed by atoms with Crippen LogP contribution < -0.4 is 4.74 Å². The summed E-state index contributed by atoms with van der Waals surface area (Å²) in [6.45, 7) is 0. The first kappa shape index (κ1) is 16.8. The molecule has 1 aliphatic rings. The van der Waals surface area contributed by atoms with Crippen LogP contribution in [0.3, 0.4) is 0 Å². The predicted octanol–water partition coefficient (Wildman–Crippen LogP) is 8.04. The molecular weight excluding hydrogens is 420 g/mol. The van der Waals surface area contributed by atoms with Crippen molar-refractivity contribution >= 4 is 37.5 Å². The predicted molar refractivity (Wildman–Crippen MR) is 123 cm³/mol. The molecule has 0 saturated heterocycles. The lowest BCUT2D eigenvalue weighted by Crippen LogP contribution is -2.12. The number of halogens is 1. The Morgan fingerprint density at radius 3 is 1.76 bits per heavy atom. The van der Waals surface area contributed by atoms with E-state index in [2.05, 4.69) is 113 Å². The molecule has 5 aromatic carbocycles. The van der Waals surface area contributed by atoms with E-state index < -0.39 is 0 Å². The van der Waals surface area contributed by atoms with Gasteiger partial charge in [0.15, 0.2) is 0 Å². The van der Waals surface area contributed by atoms with Crippen LogP contribution in [0.2, 0.25) is 0 Å². The summed E-state index contributed by atoms with van der Waals surface area (Å²) in [4.78, 5) is 0. The Hall–Kier alpha value is -3.10. The van der Waals surface area contributed by atoms with Crippen molar-refractivity contribution in [3.63, 3.8) is 0 Å². The minimum absolute atomic E-state index is 0.125. The lowest BCUT2D eigenvalue weighted by atomic mass is 9.81. The summed E-state index contributed by atoms with van der Waals surface area (Å²) in [5, 5.41) is 4.71. The second-order valence-electron chi connectivity index (χ2n) is 7.50. The monoisotopic (exact) mass is 436 g/mol. The molecule has 0 bridgehead atoms. The average molecular weight is 437 g/mol. The van der Waals surface area contributed by atoms with Gasteiger partial charge in [-0.25, -0.2) is 0 Å². The molecule has 0 aliphatic carbocycles. The third-order valence-corrected chi connectivity index (χ3v) is 6.32. The Labute approximate surface area is 177 Å². The van der Waals surface area contributed by atoms with E-state index in [-0.39, 0.29) is 5.92 Å². The van der Waals surface area contributed by atoms with E-state index in [1.807, 2.05) is 0 Å². The highest BCUT2D eigenvalue weighted by Crippen LogP contribution is 2.52. The summed E-state index contributed by atoms with van der Waals surface area (Å²) < 4.78 is 7.76. The van der Waals surface area contributed by atoms with Gasteiger partial charge in [0.2, 0.25) is 0 Å². The van der Waals surface area contributed by atoms with Crippen molar-refractivity contribution < 1.29 is 4.74 Å². The minimum atomic E-state index is 0.125. The molecule has 0 aromatic heterocycles. The zero-order valence-electron chi connectivity index (χ0n) is 15.6. The lowest BCUT2D eigenvalue weighted by Gasteiger charge is -2.30. The molecule has 0 N–H and O–H groups in total. The number of fused-ring (bicyclic) bond motifs is 6. The second kappa shape index (κ2) is 6.47. The molecular formula is C27H17BrO. The standard InChI is InChI=1S/C27H17BrO/c28-20-9-5-8-19(16-20)25-23-14-12-17-6-1-3-10-21(17)26(23)29-27-22-11-4-2-7-18(22)13-15-24(25)27/h1-16,25H. The van der Waals surface area contributed by atoms with Crippen LogP contribution >= 0.6 is 15.9 Å². The van der Waals surface area contributed by atoms with E-state index >= 15 is 0 Å². The Bertz CT molecular complexity index is 1320. The van der Waals surface area contributed by atoms with Gasteiger partial charge >= 0.3 is 0 Å². The summed E-state index contributed by atoms with van der Waals surface area (Å²) in [6, 6.07) is 34.4. The van der Waals surface area contributed by atoms with Gasteiger partial charge in [-0.1, -0.05) is 101 Å². The topological polar surface area (TPSA) is 9.23 Å². The van der Waals surface area contributed by atoms with Gasteiger partial charge in [0.05, 0.1) is 0 Å². The first-order valence-electron chi connectivity index (χ1n) is 9.76. The highest BCUT2D eigenvalue weighted by Gasteiger charge is 2.31. The third kappa shape index (κ3) is 2.60. The largest absolute Gasteiger partial charge is 0.455 e. The molecule has 6 rings (SSSR count). The van der Waals surface area contributed by atoms with Crippen LogP contribution in [-0.4, -0.2) is 0 Å². The van der Waals surface area contributed by atoms with E-state index in [9.17, 15) is 0 Å². The molecule has 0 radical (unpaired) electrons. The number of hydrogen-bond acceptors (Lipinski definition) is 1. The fraction of sp³-hybridized carbons (Fsp3) is 0.0370. The van der Waals surface area contributed by atoms with Crippen molar-refractivity contribution in [2.45, 2.75) is 5.92 Å². The van der Waals surface area contributed by atoms with E-state index in [0.29, 0.717) is 0 Å². The normalized spacial score (nSPS) is 13.1. The summed E-state index contributed by atoms with van der Waals surface area (Å²) in [5.41, 5.74) is 3.69. The number of hydrogen-bond donors (Lipinski definition) is 0. The molecule has 1 heterocycles. The molecule has 0 spiro atoms. The van der Waals surface area contributed by atoms with Crippen molar-refractivity contribution in [2.75, 3.05) is 0 Å². The molecule has 138 valence electrons. The Morgan fingerprint density at radius 1 is 0.586 bits per heavy atom. The van der Waals surface area contributed by atoms with Gasteiger partial charge in [0.25, 0.3) is 0 Å². The molecule has 0 unspecified atom stereocenters. The molecule has 1 aliphatic heterocycles. The fourth-order valence-electron chi connectivity index (χ4n) is 4.52. The summed E-state index contributed by atoms with van der Waals surface area (Å²) in [5.74, 6) is 2.06. The van der Waals surface area contributed by atoms with Gasteiger partial charge in [-0.3, -0.25) is 0 Å². The van der Waals surface area contributed by atoms with Crippen LogP contribution in [0.5, 0.6) is 11.5 Å². The Morgan fingerprint density at radius 2 is 1.17 bits per heavy atom. The van der Waals surface area contributed by atoms with Crippen LogP contribution in [-0.2, 0) is 0 Å². The second-order valence-corrected chi connectivity index (χ2v) is 8.42. The van der Waals surface area contributed by atoms with E-state index in [1.165, 1.54) is 27.5 Å². The zero-order valence-corrected chi connectivity index (χ0v) is 17.2. The van der Waals surface area contributed by atoms with Crippen molar-refractivity contribution in [3.8, 4) is 11.5 Å². The maximum atomic E-state index is 6.67. The molecule has 2 heteroatoms. The molecule has 0 atom stereocenters. The van der Waals surface area contributed by atoms with Crippen molar-refractivity contribution in [1.29, 1.82) is 0 Å². The van der Waals surface area contributed by atoms with Gasteiger partial charge < -0.3 is 4.74 Å². The first-order chi connectivity index (χ1) is 14.3. The third-order valence-electron chi connectivity index (χ3n) is 5.83. The molecule has 5 aromatic rings. The van der Waals surface area contributed by atoms with Crippen LogP contribution in [0, 0.1) is 0 Å². The first-order valence-corrected chi connectivity index (χ1v) is 10.6. The van der Waals surface area contributed by atoms with Crippen molar-refractivity contribution in [2.24, 2.45) is 0 Å². The molecule has 0 saturated carbocycles. The van der Waals surface area contributed by atoms with E-state index in [0.717, 1.165) is 26.7 Å². The van der Waals surface area contributed by atoms with Crippen LogP contribution in [0.4, 0.5) is 0 Å². The quantitative estimate of drug-likeness (QED) is 0.253. The van der Waals surface area contributed by atoms with Gasteiger partial charge in [0.1, 0.15) is 11.5 Å². The highest BCUT2D eigenvalue weighted by atomic mass is 79.9. The molecule has 0 amide bonds. The minimum Gasteiger partial charge on any atom is -0.455 e. The summed E-state index contributed by atoms with van der Waals surface area (Å²) in [6.07, 6.45) is 0. The van der Waals surface area contributed by atoms with Gasteiger partial charge in [-0.2, -0.15) is 0 Å². The highest BCUT2D eigenvalue weighted by molar-refractivity contribution is 9.10. The number of ether oxygens (including phenoxy) is 1. The van der Waals surface area contributed by atoms with Crippen molar-refractivity contribution in [3.05, 3.63) is 118 Å².